The van der Waals surface area contributed by atoms with Gasteiger partial charge < -0.3 is 15.0 Å². The Bertz CT molecular complexity index is 1200. The Labute approximate surface area is 185 Å². The summed E-state index contributed by atoms with van der Waals surface area (Å²) in [5.41, 5.74) is 8.94. The van der Waals surface area contributed by atoms with Crippen molar-refractivity contribution in [3.8, 4) is 22.7 Å². The van der Waals surface area contributed by atoms with E-state index in [-0.39, 0.29) is 5.41 Å². The molecule has 0 spiro atoms. The Hall–Kier alpha value is -3.59. The van der Waals surface area contributed by atoms with Gasteiger partial charge in [0.15, 0.2) is 5.82 Å². The summed E-state index contributed by atoms with van der Waals surface area (Å²) in [6.07, 6.45) is 9.51. The van der Waals surface area contributed by atoms with Crippen LogP contribution in [0, 0.1) is 5.92 Å². The van der Waals surface area contributed by atoms with E-state index in [0.717, 1.165) is 35.2 Å². The Balaban J connectivity index is 1.43. The predicted molar refractivity (Wildman–Crippen MR) is 118 cm³/mol. The van der Waals surface area contributed by atoms with Crippen LogP contribution in [0.4, 0.5) is 5.82 Å². The lowest BCUT2D eigenvalue weighted by Gasteiger charge is -2.26. The number of nitrogens with two attached hydrogens (primary N) is 1. The lowest BCUT2D eigenvalue weighted by atomic mass is 9.77. The Morgan fingerprint density at radius 2 is 2.00 bits per heavy atom. The summed E-state index contributed by atoms with van der Waals surface area (Å²) in [4.78, 5) is 13.6. The van der Waals surface area contributed by atoms with Gasteiger partial charge in [0, 0.05) is 31.3 Å². The molecule has 5 rings (SSSR count). The Kier molecular flexibility index (Phi) is 5.18. The summed E-state index contributed by atoms with van der Waals surface area (Å²) in [6, 6.07) is 7.79. The quantitative estimate of drug-likeness (QED) is 0.451. The van der Waals surface area contributed by atoms with Gasteiger partial charge in [0.25, 0.3) is 5.89 Å². The highest BCUT2D eigenvalue weighted by Gasteiger charge is 2.47. The van der Waals surface area contributed by atoms with E-state index < -0.39 is 0 Å². The van der Waals surface area contributed by atoms with Crippen LogP contribution in [0.15, 0.2) is 53.6 Å². The average molecular weight is 432 g/mol. The van der Waals surface area contributed by atoms with Crippen LogP contribution in [-0.4, -0.2) is 43.6 Å². The van der Waals surface area contributed by atoms with E-state index in [1.165, 1.54) is 0 Å². The van der Waals surface area contributed by atoms with Gasteiger partial charge in [-0.2, -0.15) is 10.1 Å². The molecule has 9 heteroatoms. The third-order valence-electron chi connectivity index (χ3n) is 6.13. The maximum atomic E-state index is 5.69. The molecule has 0 aromatic carbocycles. The first-order chi connectivity index (χ1) is 15.6. The molecule has 1 unspecified atom stereocenters. The zero-order valence-corrected chi connectivity index (χ0v) is 18.1. The van der Waals surface area contributed by atoms with E-state index in [1.807, 2.05) is 24.5 Å². The van der Waals surface area contributed by atoms with E-state index in [4.69, 9.17) is 20.0 Å². The molecule has 2 N–H and O–H groups in total. The maximum Gasteiger partial charge on any atom is 0.261 e. The van der Waals surface area contributed by atoms with Crippen molar-refractivity contribution in [2.24, 2.45) is 5.92 Å². The highest BCUT2D eigenvalue weighted by Crippen LogP contribution is 2.50. The van der Waals surface area contributed by atoms with Crippen LogP contribution in [0.25, 0.3) is 22.7 Å². The smallest absolute Gasteiger partial charge is 0.261 e. The van der Waals surface area contributed by atoms with Crippen molar-refractivity contribution < 1.29 is 9.26 Å². The van der Waals surface area contributed by atoms with Crippen LogP contribution in [0.3, 0.4) is 0 Å². The third kappa shape index (κ3) is 3.75. The van der Waals surface area contributed by atoms with Crippen LogP contribution in [0.5, 0.6) is 0 Å². The van der Waals surface area contributed by atoms with Crippen LogP contribution < -0.4 is 5.73 Å². The minimum Gasteiger partial charge on any atom is -0.384 e. The summed E-state index contributed by atoms with van der Waals surface area (Å²) in [5.74, 6) is 2.07. The highest BCUT2D eigenvalue weighted by atomic mass is 16.5. The second kappa shape index (κ2) is 8.16. The number of methoxy groups -OCH3 is 1. The largest absolute Gasteiger partial charge is 0.384 e. The number of hydrogen-bond acceptors (Lipinski definition) is 8. The summed E-state index contributed by atoms with van der Waals surface area (Å²) in [7, 11) is 1.67. The van der Waals surface area contributed by atoms with Crippen molar-refractivity contribution in [2.45, 2.75) is 31.7 Å². The molecule has 0 saturated heterocycles. The molecular weight excluding hydrogens is 406 g/mol. The van der Waals surface area contributed by atoms with Gasteiger partial charge in [0.05, 0.1) is 36.0 Å². The first kappa shape index (κ1) is 20.3. The molecule has 1 aliphatic carbocycles. The number of hydrogen-bond donors (Lipinski definition) is 1. The lowest BCUT2D eigenvalue weighted by molar-refractivity contribution is 0.183. The van der Waals surface area contributed by atoms with Gasteiger partial charge in [0.2, 0.25) is 0 Å². The normalized spacial score (nSPS) is 15.6. The third-order valence-corrected chi connectivity index (χ3v) is 6.13. The van der Waals surface area contributed by atoms with E-state index >= 15 is 0 Å². The monoisotopic (exact) mass is 431 g/mol. The van der Waals surface area contributed by atoms with Crippen LogP contribution in [0.2, 0.25) is 0 Å². The zero-order valence-electron chi connectivity index (χ0n) is 18.1. The van der Waals surface area contributed by atoms with Gasteiger partial charge in [-0.15, -0.1) is 0 Å². The number of pyridine rings is 2. The van der Waals surface area contributed by atoms with Crippen LogP contribution in [-0.2, 0) is 16.7 Å². The summed E-state index contributed by atoms with van der Waals surface area (Å²) >= 11 is 0. The molecule has 0 aliphatic heterocycles. The second-order valence-corrected chi connectivity index (χ2v) is 8.29. The van der Waals surface area contributed by atoms with Crippen LogP contribution in [0.1, 0.15) is 31.2 Å². The van der Waals surface area contributed by atoms with E-state index in [9.17, 15) is 0 Å². The number of nitrogens with zero attached hydrogens (tertiary/aromatic N) is 6. The van der Waals surface area contributed by atoms with Gasteiger partial charge >= 0.3 is 0 Å². The number of nitrogen functional groups attached to an aromatic ring is 1. The summed E-state index contributed by atoms with van der Waals surface area (Å²) in [6.45, 7) is 3.42. The van der Waals surface area contributed by atoms with Gasteiger partial charge in [-0.1, -0.05) is 11.2 Å². The van der Waals surface area contributed by atoms with Crippen molar-refractivity contribution in [2.75, 3.05) is 19.5 Å². The average Bonchev–Trinajstić information content (AvgIpc) is 3.37. The first-order valence-corrected chi connectivity index (χ1v) is 10.6. The van der Waals surface area contributed by atoms with E-state index in [1.54, 1.807) is 30.3 Å². The molecule has 1 fully saturated rings. The van der Waals surface area contributed by atoms with E-state index in [2.05, 4.69) is 33.2 Å². The van der Waals surface area contributed by atoms with Gasteiger partial charge in [-0.05, 0) is 49.4 Å². The zero-order chi connectivity index (χ0) is 22.1. The number of aromatic nitrogens is 6. The summed E-state index contributed by atoms with van der Waals surface area (Å²) in [5, 5.41) is 8.70. The molecule has 1 atom stereocenters. The molecule has 32 heavy (non-hydrogen) atoms. The molecule has 4 aromatic rings. The molecule has 0 amide bonds. The predicted octanol–water partition coefficient (Wildman–Crippen LogP) is 3.33. The van der Waals surface area contributed by atoms with Gasteiger partial charge in [-0.3, -0.25) is 9.67 Å². The van der Waals surface area contributed by atoms with Crippen molar-refractivity contribution in [3.63, 3.8) is 0 Å². The van der Waals surface area contributed by atoms with Gasteiger partial charge in [0.1, 0.15) is 5.82 Å². The fourth-order valence-corrected chi connectivity index (χ4v) is 3.97. The number of anilines is 1. The Morgan fingerprint density at radius 1 is 1.12 bits per heavy atom. The lowest BCUT2D eigenvalue weighted by Crippen LogP contribution is -2.28. The van der Waals surface area contributed by atoms with E-state index in [0.29, 0.717) is 36.6 Å². The van der Waals surface area contributed by atoms with Crippen molar-refractivity contribution in [3.05, 3.63) is 60.4 Å². The molecular formula is C23H25N7O2. The molecule has 9 nitrogen and oxygen atoms in total. The van der Waals surface area contributed by atoms with Crippen molar-refractivity contribution in [1.29, 1.82) is 0 Å². The SMILES string of the molecule is COCCn1cc(-c2nc(C(C)(c3ccc(-c4ccc(N)nc4)nc3)C3CC3)no2)cn1. The number of ether oxygens (including phenoxy) is 1. The van der Waals surface area contributed by atoms with Crippen LogP contribution >= 0.6 is 0 Å². The minimum absolute atomic E-state index is 0.376. The molecule has 0 bridgehead atoms. The molecule has 0 radical (unpaired) electrons. The topological polar surface area (TPSA) is 118 Å². The minimum atomic E-state index is -0.376. The van der Waals surface area contributed by atoms with Crippen molar-refractivity contribution in [1.82, 2.24) is 29.9 Å². The fourth-order valence-electron chi connectivity index (χ4n) is 3.97. The summed E-state index contributed by atoms with van der Waals surface area (Å²) < 4.78 is 12.5. The first-order valence-electron chi connectivity index (χ1n) is 10.6. The van der Waals surface area contributed by atoms with Gasteiger partial charge in [-0.25, -0.2) is 4.98 Å². The Morgan fingerprint density at radius 3 is 2.69 bits per heavy atom. The maximum absolute atomic E-state index is 5.69. The second-order valence-electron chi connectivity index (χ2n) is 8.29. The molecule has 1 saturated carbocycles. The molecule has 164 valence electrons. The highest BCUT2D eigenvalue weighted by molar-refractivity contribution is 5.59. The number of rotatable bonds is 8. The standard InChI is InChI=1S/C23H25N7O2/c1-23(17-4-5-17,18-6-7-19(25-13-18)15-3-8-20(24)26-11-15)22-28-21(32-29-22)16-12-27-30(14-16)9-10-31-2/h3,6-8,11-14,17H,4-5,9-10H2,1-2H3,(H2,24,26). The van der Waals surface area contributed by atoms with Crippen molar-refractivity contribution >= 4 is 5.82 Å². The molecule has 4 aromatic heterocycles. The fraction of sp³-hybridized carbons (Fsp3) is 0.348. The molecule has 1 aliphatic rings. The molecule has 4 heterocycles.